The van der Waals surface area contributed by atoms with E-state index < -0.39 is 24.3 Å². The van der Waals surface area contributed by atoms with Gasteiger partial charge in [0, 0.05) is 37.0 Å². The van der Waals surface area contributed by atoms with Crippen molar-refractivity contribution in [1.82, 2.24) is 25.1 Å². The molecule has 3 atom stereocenters. The van der Waals surface area contributed by atoms with Crippen LogP contribution in [0.5, 0.6) is 5.88 Å². The molecule has 4 heterocycles. The summed E-state index contributed by atoms with van der Waals surface area (Å²) in [6.07, 6.45) is -3.69. The van der Waals surface area contributed by atoms with Crippen LogP contribution < -0.4 is 20.7 Å². The number of nitrogens with one attached hydrogen (secondary N) is 1. The lowest BCUT2D eigenvalue weighted by atomic mass is 9.72. The lowest BCUT2D eigenvalue weighted by Gasteiger charge is -2.42. The number of carbonyl (C=O) groups is 1. The number of nitrogen functional groups attached to an aromatic ring is 1. The Balaban J connectivity index is 1.31. The third-order valence-electron chi connectivity index (χ3n) is 9.73. The van der Waals surface area contributed by atoms with Crippen LogP contribution in [0.2, 0.25) is 0 Å². The molecule has 0 aliphatic carbocycles. The molecule has 2 aliphatic rings. The second-order valence-corrected chi connectivity index (χ2v) is 12.8. The Morgan fingerprint density at radius 2 is 1.74 bits per heavy atom. The third kappa shape index (κ3) is 6.49. The largest absolute Gasteiger partial charge is 0.480 e. The number of aliphatic carboxylic acids is 1. The number of alkyl halides is 3. The van der Waals surface area contributed by atoms with E-state index in [1.54, 1.807) is 31.3 Å². The van der Waals surface area contributed by atoms with Crippen LogP contribution in [0.3, 0.4) is 0 Å². The molecule has 47 heavy (non-hydrogen) atoms. The van der Waals surface area contributed by atoms with Crippen LogP contribution in [-0.2, 0) is 4.79 Å². The molecule has 2 unspecified atom stereocenters. The number of halogens is 3. The molecule has 2 aliphatic heterocycles. The first kappa shape index (κ1) is 32.3. The quantitative estimate of drug-likeness (QED) is 0.223. The highest BCUT2D eigenvalue weighted by atomic mass is 19.4. The first-order valence-electron chi connectivity index (χ1n) is 15.6. The van der Waals surface area contributed by atoms with Gasteiger partial charge >= 0.3 is 12.1 Å². The smallest absolute Gasteiger partial charge is 0.429 e. The van der Waals surface area contributed by atoms with Gasteiger partial charge in [0.25, 0.3) is 0 Å². The maximum absolute atomic E-state index is 14.9. The van der Waals surface area contributed by atoms with Gasteiger partial charge in [0.15, 0.2) is 0 Å². The fourth-order valence-corrected chi connectivity index (χ4v) is 6.79. The summed E-state index contributed by atoms with van der Waals surface area (Å²) >= 11 is 0. The standard InChI is InChI=1S/C34H38F3N7O3/c1-19-5-6-23(15-20(19)2)24-7-8-25(27(16-24)44-12-9-21(3)42-44)30(34(35,36)37)47-29-17-28(40-32(38)41-29)43-13-10-33(11-14-43)18-26(31(45)46)39-22(33)4/h5-9,12,15-17,22,26,30,39H,10-11,13-14,18H2,1-4H3,(H,45,46)(H2,38,40,41)/t22?,26?,30-/m1/s1. The summed E-state index contributed by atoms with van der Waals surface area (Å²) in [5.74, 6) is -1.04. The summed E-state index contributed by atoms with van der Waals surface area (Å²) in [6.45, 7) is 8.81. The molecule has 2 fully saturated rings. The number of aromatic nitrogens is 4. The van der Waals surface area contributed by atoms with Gasteiger partial charge in [-0.05, 0) is 86.8 Å². The van der Waals surface area contributed by atoms with E-state index in [0.29, 0.717) is 43.9 Å². The normalized spacial score (nSPS) is 20.0. The van der Waals surface area contributed by atoms with Crippen LogP contribution >= 0.6 is 0 Å². The first-order valence-corrected chi connectivity index (χ1v) is 15.6. The minimum atomic E-state index is -4.82. The zero-order valence-corrected chi connectivity index (χ0v) is 26.7. The summed E-state index contributed by atoms with van der Waals surface area (Å²) in [5.41, 5.74) is 10.3. The summed E-state index contributed by atoms with van der Waals surface area (Å²) in [7, 11) is 0. The summed E-state index contributed by atoms with van der Waals surface area (Å²) in [4.78, 5) is 21.9. The minimum absolute atomic E-state index is 0.0156. The van der Waals surface area contributed by atoms with Crippen molar-refractivity contribution in [2.24, 2.45) is 5.41 Å². The van der Waals surface area contributed by atoms with E-state index in [0.717, 1.165) is 22.3 Å². The van der Waals surface area contributed by atoms with E-state index in [2.05, 4.69) is 20.4 Å². The van der Waals surface area contributed by atoms with Crippen LogP contribution in [-0.4, -0.2) is 62.2 Å². The number of hydrogen-bond acceptors (Lipinski definition) is 8. The van der Waals surface area contributed by atoms with E-state index in [4.69, 9.17) is 10.5 Å². The molecule has 10 nitrogen and oxygen atoms in total. The highest BCUT2D eigenvalue weighted by molar-refractivity contribution is 5.74. The van der Waals surface area contributed by atoms with Crippen molar-refractivity contribution >= 4 is 17.7 Å². The molecular weight excluding hydrogens is 611 g/mol. The van der Waals surface area contributed by atoms with Crippen molar-refractivity contribution in [3.63, 3.8) is 0 Å². The molecule has 13 heteroatoms. The average Bonchev–Trinajstić information content (AvgIpc) is 3.59. The predicted molar refractivity (Wildman–Crippen MR) is 172 cm³/mol. The molecule has 1 spiro atoms. The molecular formula is C34H38F3N7O3. The topological polar surface area (TPSA) is 131 Å². The monoisotopic (exact) mass is 649 g/mol. The van der Waals surface area contributed by atoms with Crippen molar-refractivity contribution in [1.29, 1.82) is 0 Å². The number of carboxylic acid groups (broad SMARTS) is 1. The van der Waals surface area contributed by atoms with Crippen LogP contribution in [0.1, 0.15) is 54.7 Å². The molecule has 4 N–H and O–H groups in total. The van der Waals surface area contributed by atoms with Gasteiger partial charge in [-0.2, -0.15) is 28.2 Å². The predicted octanol–water partition coefficient (Wildman–Crippen LogP) is 5.94. The van der Waals surface area contributed by atoms with Gasteiger partial charge in [0.1, 0.15) is 11.9 Å². The van der Waals surface area contributed by atoms with Crippen LogP contribution in [0, 0.1) is 26.2 Å². The third-order valence-corrected chi connectivity index (χ3v) is 9.73. The second-order valence-electron chi connectivity index (χ2n) is 12.8. The Hall–Kier alpha value is -4.65. The summed E-state index contributed by atoms with van der Waals surface area (Å²) in [5, 5.41) is 17.1. The number of anilines is 2. The molecule has 2 aromatic heterocycles. The van der Waals surface area contributed by atoms with E-state index >= 15 is 0 Å². The maximum atomic E-state index is 14.9. The van der Waals surface area contributed by atoms with Crippen molar-refractivity contribution in [3.8, 4) is 22.7 Å². The zero-order chi connectivity index (χ0) is 33.7. The fraction of sp³-hybridized carbons (Fsp3) is 0.412. The zero-order valence-electron chi connectivity index (χ0n) is 26.7. The van der Waals surface area contributed by atoms with Crippen LogP contribution in [0.4, 0.5) is 24.9 Å². The molecule has 2 aromatic carbocycles. The Morgan fingerprint density at radius 1 is 1.04 bits per heavy atom. The molecule has 4 aromatic rings. The van der Waals surface area contributed by atoms with Crippen molar-refractivity contribution < 1.29 is 27.8 Å². The molecule has 0 radical (unpaired) electrons. The average molecular weight is 650 g/mol. The molecule has 2 saturated heterocycles. The SMILES string of the molecule is Cc1ccn(-c2cc(-c3ccc(C)c(C)c3)ccc2[C@@H](Oc2cc(N3CCC4(CC3)CC(C(=O)O)NC4C)nc(N)n2)C(F)(F)F)n1. The number of nitrogens with zero attached hydrogens (tertiary/aromatic N) is 5. The van der Waals surface area contributed by atoms with Crippen molar-refractivity contribution in [2.45, 2.75) is 71.3 Å². The number of piperidine rings is 1. The second kappa shape index (κ2) is 12.2. The van der Waals surface area contributed by atoms with Gasteiger partial charge in [-0.3, -0.25) is 4.79 Å². The highest BCUT2D eigenvalue weighted by Gasteiger charge is 2.49. The lowest BCUT2D eigenvalue weighted by molar-refractivity contribution is -0.198. The van der Waals surface area contributed by atoms with E-state index in [9.17, 15) is 23.1 Å². The molecule has 248 valence electrons. The molecule has 0 amide bonds. The number of ether oxygens (including phenoxy) is 1. The van der Waals surface area contributed by atoms with E-state index in [1.807, 2.05) is 43.9 Å². The van der Waals surface area contributed by atoms with Gasteiger partial charge in [0.2, 0.25) is 17.9 Å². The van der Waals surface area contributed by atoms with Crippen molar-refractivity contribution in [2.75, 3.05) is 23.7 Å². The number of carboxylic acids is 1. The summed E-state index contributed by atoms with van der Waals surface area (Å²) in [6, 6.07) is 13.2. The van der Waals surface area contributed by atoms with Gasteiger partial charge in [-0.1, -0.05) is 30.3 Å². The molecule has 0 bridgehead atoms. The maximum Gasteiger partial charge on any atom is 0.429 e. The van der Waals surface area contributed by atoms with Gasteiger partial charge in [0.05, 0.1) is 11.4 Å². The minimum Gasteiger partial charge on any atom is -0.480 e. The van der Waals surface area contributed by atoms with Gasteiger partial charge in [-0.25, -0.2) is 4.68 Å². The van der Waals surface area contributed by atoms with Gasteiger partial charge in [-0.15, -0.1) is 0 Å². The Labute approximate surface area is 270 Å². The fourth-order valence-electron chi connectivity index (χ4n) is 6.79. The Bertz CT molecular complexity index is 1800. The number of benzene rings is 2. The Kier molecular flexibility index (Phi) is 8.37. The number of rotatable bonds is 7. The summed E-state index contributed by atoms with van der Waals surface area (Å²) < 4.78 is 51.7. The van der Waals surface area contributed by atoms with Crippen molar-refractivity contribution in [3.05, 3.63) is 77.1 Å². The Morgan fingerprint density at radius 3 is 2.36 bits per heavy atom. The van der Waals surface area contributed by atoms with Crippen LogP contribution in [0.25, 0.3) is 16.8 Å². The van der Waals surface area contributed by atoms with E-state index in [-0.39, 0.29) is 34.5 Å². The number of aryl methyl sites for hydroxylation is 3. The number of nitrogens with two attached hydrogens (primary N) is 1. The molecule has 0 saturated carbocycles. The number of hydrogen-bond donors (Lipinski definition) is 3. The van der Waals surface area contributed by atoms with Crippen LogP contribution in [0.15, 0.2) is 54.7 Å². The lowest BCUT2D eigenvalue weighted by Crippen LogP contribution is -2.45. The molecule has 6 rings (SSSR count). The highest BCUT2D eigenvalue weighted by Crippen LogP contribution is 2.45. The first-order chi connectivity index (χ1) is 22.2. The van der Waals surface area contributed by atoms with E-state index in [1.165, 1.54) is 16.8 Å². The van der Waals surface area contributed by atoms with Gasteiger partial charge < -0.3 is 25.8 Å².